The van der Waals surface area contributed by atoms with E-state index in [0.29, 0.717) is 22.1 Å². The van der Waals surface area contributed by atoms with Gasteiger partial charge in [-0.2, -0.15) is 0 Å². The standard InChI is InChI=1S/C30H54N2P2/c1-27(2,3)23-15-14-22(21-34(28(4,5)6)29(7,8)9)26(18-23)30(33,24-12-10-16-31-19-24)25-13-11-17-32-20-25/h14-15,18,24-25,31-32H,10-13,16-17,19-21,33H2,1-9H3. The number of hydrogen-bond acceptors (Lipinski definition) is 2. The fourth-order valence-corrected chi connectivity index (χ4v) is 10.9. The third kappa shape index (κ3) is 6.46. The summed E-state index contributed by atoms with van der Waals surface area (Å²) in [5.41, 5.74) is 4.91. The van der Waals surface area contributed by atoms with Gasteiger partial charge in [-0.05, 0) is 102 Å². The molecule has 0 aliphatic carbocycles. The van der Waals surface area contributed by atoms with Gasteiger partial charge in [0.15, 0.2) is 0 Å². The van der Waals surface area contributed by atoms with Crippen molar-refractivity contribution in [1.29, 1.82) is 0 Å². The molecule has 0 spiro atoms. The van der Waals surface area contributed by atoms with Crippen LogP contribution < -0.4 is 10.6 Å². The van der Waals surface area contributed by atoms with Crippen LogP contribution in [0.15, 0.2) is 18.2 Å². The van der Waals surface area contributed by atoms with E-state index in [1.54, 1.807) is 11.1 Å². The third-order valence-electron chi connectivity index (χ3n) is 8.34. The molecule has 194 valence electrons. The Morgan fingerprint density at radius 1 is 0.824 bits per heavy atom. The minimum absolute atomic E-state index is 0.119. The Balaban J connectivity index is 2.19. The molecule has 4 heteroatoms. The molecule has 0 amide bonds. The highest BCUT2D eigenvalue weighted by Crippen LogP contribution is 2.62. The maximum atomic E-state index is 3.77. The zero-order valence-electron chi connectivity index (χ0n) is 23.8. The summed E-state index contributed by atoms with van der Waals surface area (Å²) in [4.78, 5) is 0. The molecule has 3 rings (SSSR count). The molecule has 34 heavy (non-hydrogen) atoms. The summed E-state index contributed by atoms with van der Waals surface area (Å²) in [7, 11) is 3.32. The minimum Gasteiger partial charge on any atom is -0.316 e. The normalized spacial score (nSPS) is 24.8. The average molecular weight is 505 g/mol. The molecule has 2 nitrogen and oxygen atoms in total. The molecule has 1 aromatic carbocycles. The van der Waals surface area contributed by atoms with Gasteiger partial charge >= 0.3 is 0 Å². The van der Waals surface area contributed by atoms with Crippen molar-refractivity contribution in [3.63, 3.8) is 0 Å². The maximum absolute atomic E-state index is 3.77. The van der Waals surface area contributed by atoms with Gasteiger partial charge in [-0.1, -0.05) is 88.4 Å². The quantitative estimate of drug-likeness (QED) is 0.403. The van der Waals surface area contributed by atoms with Crippen LogP contribution in [0.5, 0.6) is 0 Å². The van der Waals surface area contributed by atoms with Crippen LogP contribution in [0, 0.1) is 11.8 Å². The topological polar surface area (TPSA) is 24.1 Å². The van der Waals surface area contributed by atoms with Crippen LogP contribution in [0.2, 0.25) is 0 Å². The van der Waals surface area contributed by atoms with Gasteiger partial charge in [0.1, 0.15) is 0 Å². The lowest BCUT2D eigenvalue weighted by atomic mass is 9.68. The lowest BCUT2D eigenvalue weighted by Gasteiger charge is -2.49. The largest absolute Gasteiger partial charge is 0.316 e. The Labute approximate surface area is 215 Å². The molecular weight excluding hydrogens is 450 g/mol. The third-order valence-corrected chi connectivity index (χ3v) is 13.5. The minimum atomic E-state index is -0.196. The van der Waals surface area contributed by atoms with Crippen LogP contribution in [0.25, 0.3) is 0 Å². The molecule has 3 atom stereocenters. The van der Waals surface area contributed by atoms with Crippen molar-refractivity contribution < 1.29 is 0 Å². The van der Waals surface area contributed by atoms with E-state index in [2.05, 4.69) is 100 Å². The van der Waals surface area contributed by atoms with Crippen molar-refractivity contribution in [3.8, 4) is 0 Å². The molecule has 2 aliphatic rings. The highest BCUT2D eigenvalue weighted by atomic mass is 31.1. The van der Waals surface area contributed by atoms with E-state index in [-0.39, 0.29) is 18.5 Å². The summed E-state index contributed by atoms with van der Waals surface area (Å²) in [6, 6.07) is 7.62. The SMILES string of the molecule is CC(C)(C)c1ccc(CP(C(C)(C)C)C(C)(C)C)c(C(P)(C2CCCNC2)C2CCCNC2)c1. The fourth-order valence-electron chi connectivity index (χ4n) is 6.53. The van der Waals surface area contributed by atoms with Crippen LogP contribution in [0.3, 0.4) is 0 Å². The van der Waals surface area contributed by atoms with Crippen molar-refractivity contribution in [2.45, 2.75) is 115 Å². The highest BCUT2D eigenvalue weighted by molar-refractivity contribution is 7.60. The van der Waals surface area contributed by atoms with Gasteiger partial charge in [-0.25, -0.2) is 0 Å². The first-order valence-electron chi connectivity index (χ1n) is 13.8. The zero-order chi connectivity index (χ0) is 25.4. The lowest BCUT2D eigenvalue weighted by molar-refractivity contribution is 0.192. The van der Waals surface area contributed by atoms with Crippen molar-refractivity contribution in [3.05, 3.63) is 34.9 Å². The molecule has 2 N–H and O–H groups in total. The van der Waals surface area contributed by atoms with Crippen molar-refractivity contribution in [2.24, 2.45) is 11.8 Å². The molecule has 2 aliphatic heterocycles. The summed E-state index contributed by atoms with van der Waals surface area (Å²) in [6.07, 6.45) is 6.48. The maximum Gasteiger partial charge on any atom is 0.0181 e. The summed E-state index contributed by atoms with van der Waals surface area (Å²) in [5, 5.41) is 8.32. The van der Waals surface area contributed by atoms with Gasteiger partial charge < -0.3 is 10.6 Å². The average Bonchev–Trinajstić information content (AvgIpc) is 2.76. The molecule has 2 fully saturated rings. The molecule has 2 saturated heterocycles. The summed E-state index contributed by atoms with van der Waals surface area (Å²) in [6.45, 7) is 26.6. The number of hydrogen-bond donors (Lipinski definition) is 2. The Morgan fingerprint density at radius 2 is 1.32 bits per heavy atom. The molecule has 0 radical (unpaired) electrons. The van der Waals surface area contributed by atoms with Crippen LogP contribution >= 0.6 is 17.2 Å². The summed E-state index contributed by atoms with van der Waals surface area (Å²) in [5.74, 6) is 1.33. The first kappa shape index (κ1) is 28.6. The predicted octanol–water partition coefficient (Wildman–Crippen LogP) is 7.63. The van der Waals surface area contributed by atoms with Crippen LogP contribution in [0.4, 0.5) is 0 Å². The van der Waals surface area contributed by atoms with Gasteiger partial charge in [-0.15, -0.1) is 9.24 Å². The summed E-state index contributed by atoms with van der Waals surface area (Å²) < 4.78 is 0. The molecule has 1 aromatic rings. The smallest absolute Gasteiger partial charge is 0.0181 e. The van der Waals surface area contributed by atoms with Crippen molar-refractivity contribution in [1.82, 2.24) is 10.6 Å². The monoisotopic (exact) mass is 504 g/mol. The Bertz CT molecular complexity index is 769. The van der Waals surface area contributed by atoms with E-state index in [1.165, 1.54) is 50.5 Å². The van der Waals surface area contributed by atoms with E-state index < -0.39 is 0 Å². The van der Waals surface area contributed by atoms with E-state index in [4.69, 9.17) is 0 Å². The molecule has 0 bridgehead atoms. The Hall–Kier alpha value is -0.0000000000000000555. The number of piperidine rings is 2. The van der Waals surface area contributed by atoms with E-state index >= 15 is 0 Å². The number of nitrogens with one attached hydrogen (secondary N) is 2. The fraction of sp³-hybridized carbons (Fsp3) is 0.800. The Kier molecular flexibility index (Phi) is 9.05. The van der Waals surface area contributed by atoms with Gasteiger partial charge in [0.25, 0.3) is 0 Å². The van der Waals surface area contributed by atoms with Gasteiger partial charge in [-0.3, -0.25) is 0 Å². The molecular formula is C30H54N2P2. The van der Waals surface area contributed by atoms with Crippen molar-refractivity contribution in [2.75, 3.05) is 26.2 Å². The first-order chi connectivity index (χ1) is 15.6. The van der Waals surface area contributed by atoms with Crippen LogP contribution in [-0.4, -0.2) is 36.5 Å². The lowest BCUT2D eigenvalue weighted by Crippen LogP contribution is -2.49. The first-order valence-corrected chi connectivity index (χ1v) is 15.9. The molecule has 0 aromatic heterocycles. The van der Waals surface area contributed by atoms with E-state index in [1.807, 2.05) is 0 Å². The van der Waals surface area contributed by atoms with Crippen LogP contribution in [-0.2, 0) is 16.7 Å². The van der Waals surface area contributed by atoms with Gasteiger partial charge in [0, 0.05) is 5.16 Å². The van der Waals surface area contributed by atoms with Crippen molar-refractivity contribution >= 4 is 17.2 Å². The van der Waals surface area contributed by atoms with Gasteiger partial charge in [0.05, 0.1) is 0 Å². The summed E-state index contributed by atoms with van der Waals surface area (Å²) >= 11 is 0. The molecule has 2 heterocycles. The predicted molar refractivity (Wildman–Crippen MR) is 158 cm³/mol. The van der Waals surface area contributed by atoms with E-state index in [0.717, 1.165) is 13.1 Å². The second-order valence-electron chi connectivity index (χ2n) is 14.1. The highest BCUT2D eigenvalue weighted by Gasteiger charge is 2.46. The Morgan fingerprint density at radius 3 is 1.71 bits per heavy atom. The van der Waals surface area contributed by atoms with E-state index in [9.17, 15) is 0 Å². The zero-order valence-corrected chi connectivity index (χ0v) is 25.8. The molecule has 3 unspecified atom stereocenters. The second-order valence-corrected chi connectivity index (χ2v) is 18.9. The van der Waals surface area contributed by atoms with Crippen LogP contribution in [0.1, 0.15) is 105 Å². The molecule has 0 saturated carbocycles. The number of rotatable bonds is 5. The second kappa shape index (κ2) is 10.8. The van der Waals surface area contributed by atoms with Gasteiger partial charge in [0.2, 0.25) is 0 Å². The number of benzene rings is 1.